The molecule has 3 unspecified atom stereocenters. The fraction of sp³-hybridized carbons (Fsp3) is 0.694. The lowest BCUT2D eigenvalue weighted by atomic mass is 10.1. The van der Waals surface area contributed by atoms with Crippen molar-refractivity contribution in [2.75, 3.05) is 26.4 Å². The maximum Gasteiger partial charge on any atom is 0.472 e. The lowest BCUT2D eigenvalue weighted by Crippen LogP contribution is -2.30. The van der Waals surface area contributed by atoms with E-state index >= 15 is 0 Å². The Kier molecular flexibility index (Phi) is 52.9. The van der Waals surface area contributed by atoms with Crippen LogP contribution in [0.15, 0.2) is 97.2 Å². The van der Waals surface area contributed by atoms with Gasteiger partial charge in [-0.05, 0) is 122 Å². The van der Waals surface area contributed by atoms with Gasteiger partial charge in [-0.3, -0.25) is 23.4 Å². The first kappa shape index (κ1) is 70.4. The molecule has 12 heteroatoms. The van der Waals surface area contributed by atoms with E-state index in [-0.39, 0.29) is 25.9 Å². The third-order valence-corrected chi connectivity index (χ3v) is 12.9. The van der Waals surface area contributed by atoms with Crippen LogP contribution in [0.5, 0.6) is 0 Å². The summed E-state index contributed by atoms with van der Waals surface area (Å²) in [6.07, 6.45) is 65.1. The Morgan fingerprint density at radius 3 is 1.15 bits per heavy atom. The molecule has 0 spiro atoms. The van der Waals surface area contributed by atoms with Gasteiger partial charge in [0.05, 0.1) is 19.8 Å². The number of phosphoric acid groups is 1. The maximum absolute atomic E-state index is 12.9. The van der Waals surface area contributed by atoms with E-state index in [1.165, 1.54) is 51.4 Å². The molecule has 0 bridgehead atoms. The molecule has 0 fully saturated rings. The van der Waals surface area contributed by atoms with Crippen LogP contribution in [0.2, 0.25) is 0 Å². The number of aliphatic hydroxyl groups excluding tert-OH is 1. The molecule has 11 nitrogen and oxygen atoms in total. The van der Waals surface area contributed by atoms with Crippen LogP contribution in [0, 0.1) is 0 Å². The van der Waals surface area contributed by atoms with Gasteiger partial charge in [0.15, 0.2) is 6.10 Å². The molecule has 0 saturated heterocycles. The summed E-state index contributed by atoms with van der Waals surface area (Å²) in [5.74, 6) is -1.54. The number of carbonyl (C=O) groups is 3. The third-order valence-electron chi connectivity index (χ3n) is 12.0. The first-order valence-corrected chi connectivity index (χ1v) is 30.6. The van der Waals surface area contributed by atoms with Gasteiger partial charge in [0.25, 0.3) is 0 Å². The molecule has 0 aliphatic heterocycles. The SMILES string of the molecule is CC/C=C\C/C=C\C/C=C\C/C=C\CCCCC(=O)OC(CO)COP(=O)(O)OCC(COC(=O)CCCCCCC/C=C\CCCCCC)OC(=O)CCCCCCCC/C=C\C/C=C\C/C=C\CCCCC. The Balaban J connectivity index is 4.79. The summed E-state index contributed by atoms with van der Waals surface area (Å²) in [7, 11) is -4.77. The van der Waals surface area contributed by atoms with Crippen LogP contribution in [-0.4, -0.2) is 66.5 Å². The van der Waals surface area contributed by atoms with Crippen LogP contribution >= 0.6 is 7.82 Å². The molecular formula is C62H105O11P. The van der Waals surface area contributed by atoms with Crippen molar-refractivity contribution in [3.63, 3.8) is 0 Å². The number of hydrogen-bond donors (Lipinski definition) is 2. The van der Waals surface area contributed by atoms with E-state index in [9.17, 15) is 28.9 Å². The molecule has 0 aromatic carbocycles. The number of ether oxygens (including phenoxy) is 3. The molecule has 0 rings (SSSR count). The quantitative estimate of drug-likeness (QED) is 0.0197. The molecule has 0 aromatic heterocycles. The van der Waals surface area contributed by atoms with Crippen LogP contribution in [0.4, 0.5) is 0 Å². The highest BCUT2D eigenvalue weighted by Crippen LogP contribution is 2.43. The number of hydrogen-bond acceptors (Lipinski definition) is 10. The van der Waals surface area contributed by atoms with Gasteiger partial charge in [0.2, 0.25) is 0 Å². The average molecular weight is 1060 g/mol. The van der Waals surface area contributed by atoms with Crippen LogP contribution in [0.1, 0.15) is 239 Å². The van der Waals surface area contributed by atoms with Gasteiger partial charge in [-0.1, -0.05) is 195 Å². The van der Waals surface area contributed by atoms with E-state index in [2.05, 4.69) is 118 Å². The summed E-state index contributed by atoms with van der Waals surface area (Å²) >= 11 is 0. The van der Waals surface area contributed by atoms with Crippen molar-refractivity contribution < 1.29 is 52.2 Å². The lowest BCUT2D eigenvalue weighted by molar-refractivity contribution is -0.161. The molecule has 0 amide bonds. The summed E-state index contributed by atoms with van der Waals surface area (Å²) in [6, 6.07) is 0. The van der Waals surface area contributed by atoms with Gasteiger partial charge in [-0.25, -0.2) is 4.57 Å². The van der Waals surface area contributed by atoms with Crippen molar-refractivity contribution in [3.05, 3.63) is 97.2 Å². The zero-order valence-corrected chi connectivity index (χ0v) is 47.7. The highest BCUT2D eigenvalue weighted by molar-refractivity contribution is 7.47. The van der Waals surface area contributed by atoms with Crippen LogP contribution in [0.3, 0.4) is 0 Å². The standard InChI is InChI=1S/C62H105O11P/c1-4-7-10-13-16-19-22-25-27-28-29-30-32-35-38-41-44-47-50-53-62(66)73-59(55-69-60(64)51-48-45-42-39-36-33-24-21-18-15-12-9-6-3)57-71-74(67,68)70-56-58(54-63)72-61(65)52-49-46-43-40-37-34-31-26-23-20-17-14-11-8-5-2/h8,11,16-17,19-21,24-27,29-31,37,40,58-59,63H,4-7,9-10,12-15,18,22-23,28,32-36,38-39,41-57H2,1-3H3,(H,67,68)/b11-8-,19-16-,20-17-,24-21-,27-25-,30-29-,31-26-,40-37-. The van der Waals surface area contributed by atoms with Crippen molar-refractivity contribution in [3.8, 4) is 0 Å². The summed E-state index contributed by atoms with van der Waals surface area (Å²) in [4.78, 5) is 48.5. The molecule has 3 atom stereocenters. The molecule has 0 aromatic rings. The number of phosphoric ester groups is 1. The minimum atomic E-state index is -4.77. The number of unbranched alkanes of at least 4 members (excludes halogenated alkanes) is 20. The number of carbonyl (C=O) groups excluding carboxylic acids is 3. The van der Waals surface area contributed by atoms with Gasteiger partial charge >= 0.3 is 25.7 Å². The molecule has 0 radical (unpaired) electrons. The Bertz CT molecular complexity index is 1610. The Hall–Kier alpha value is -3.60. The fourth-order valence-corrected chi connectivity index (χ4v) is 8.31. The van der Waals surface area contributed by atoms with Crippen molar-refractivity contribution in [1.82, 2.24) is 0 Å². The van der Waals surface area contributed by atoms with E-state index in [4.69, 9.17) is 23.3 Å². The van der Waals surface area contributed by atoms with Gasteiger partial charge in [0, 0.05) is 19.3 Å². The minimum absolute atomic E-state index is 0.120. The normalized spacial score (nSPS) is 14.1. The molecule has 0 aliphatic carbocycles. The largest absolute Gasteiger partial charge is 0.472 e. The zero-order chi connectivity index (χ0) is 54.1. The predicted molar refractivity (Wildman–Crippen MR) is 307 cm³/mol. The van der Waals surface area contributed by atoms with Crippen LogP contribution in [-0.2, 0) is 42.2 Å². The van der Waals surface area contributed by atoms with E-state index in [0.29, 0.717) is 19.3 Å². The van der Waals surface area contributed by atoms with Crippen LogP contribution < -0.4 is 0 Å². The molecular weight excluding hydrogens is 952 g/mol. The Morgan fingerprint density at radius 2 is 0.703 bits per heavy atom. The average Bonchev–Trinajstić information content (AvgIpc) is 3.39. The van der Waals surface area contributed by atoms with Gasteiger partial charge in [-0.15, -0.1) is 0 Å². The second-order valence-electron chi connectivity index (χ2n) is 19.1. The van der Waals surface area contributed by atoms with E-state index in [1.807, 2.05) is 0 Å². The van der Waals surface area contributed by atoms with Gasteiger partial charge < -0.3 is 24.2 Å². The first-order valence-electron chi connectivity index (χ1n) is 29.1. The zero-order valence-electron chi connectivity index (χ0n) is 46.8. The number of allylic oxidation sites excluding steroid dienone is 16. The van der Waals surface area contributed by atoms with Crippen molar-refractivity contribution in [2.24, 2.45) is 0 Å². The van der Waals surface area contributed by atoms with E-state index in [0.717, 1.165) is 128 Å². The second-order valence-corrected chi connectivity index (χ2v) is 20.5. The predicted octanol–water partition coefficient (Wildman–Crippen LogP) is 17.3. The first-order chi connectivity index (χ1) is 36.2. The minimum Gasteiger partial charge on any atom is -0.462 e. The number of rotatable bonds is 53. The van der Waals surface area contributed by atoms with Crippen molar-refractivity contribution >= 4 is 25.7 Å². The van der Waals surface area contributed by atoms with Gasteiger partial charge in [0.1, 0.15) is 12.7 Å². The fourth-order valence-electron chi connectivity index (χ4n) is 7.52. The molecule has 0 saturated carbocycles. The molecule has 74 heavy (non-hydrogen) atoms. The third kappa shape index (κ3) is 53.2. The molecule has 424 valence electrons. The molecule has 2 N–H and O–H groups in total. The van der Waals surface area contributed by atoms with Gasteiger partial charge in [-0.2, -0.15) is 0 Å². The monoisotopic (exact) mass is 1060 g/mol. The number of esters is 3. The highest BCUT2D eigenvalue weighted by atomic mass is 31.2. The highest BCUT2D eigenvalue weighted by Gasteiger charge is 2.28. The Morgan fingerprint density at radius 1 is 0.392 bits per heavy atom. The molecule has 0 heterocycles. The van der Waals surface area contributed by atoms with E-state index < -0.39 is 57.8 Å². The summed E-state index contributed by atoms with van der Waals surface area (Å²) in [5, 5.41) is 9.81. The lowest BCUT2D eigenvalue weighted by Gasteiger charge is -2.21. The van der Waals surface area contributed by atoms with Crippen LogP contribution in [0.25, 0.3) is 0 Å². The summed E-state index contributed by atoms with van der Waals surface area (Å²) in [5.41, 5.74) is 0. The second kappa shape index (κ2) is 55.6. The Labute approximate surface area is 451 Å². The van der Waals surface area contributed by atoms with E-state index in [1.54, 1.807) is 0 Å². The smallest absolute Gasteiger partial charge is 0.462 e. The van der Waals surface area contributed by atoms with Crippen molar-refractivity contribution in [1.29, 1.82) is 0 Å². The van der Waals surface area contributed by atoms with Crippen molar-refractivity contribution in [2.45, 2.75) is 251 Å². The summed E-state index contributed by atoms with van der Waals surface area (Å²) in [6.45, 7) is 4.41. The topological polar surface area (TPSA) is 155 Å². The number of aliphatic hydroxyl groups is 1. The molecule has 0 aliphatic rings. The maximum atomic E-state index is 12.9. The summed E-state index contributed by atoms with van der Waals surface area (Å²) < 4.78 is 39.5.